The van der Waals surface area contributed by atoms with E-state index in [0.717, 1.165) is 96.3 Å². The Bertz CT molecular complexity index is 1470. The van der Waals surface area contributed by atoms with Crippen LogP contribution in [-0.2, 0) is 28.6 Å². The summed E-state index contributed by atoms with van der Waals surface area (Å²) in [6.07, 6.45) is 89.3. The molecule has 0 bridgehead atoms. The molecule has 0 rings (SSSR count). The van der Waals surface area contributed by atoms with Gasteiger partial charge in [-0.2, -0.15) is 0 Å². The maximum absolute atomic E-state index is 12.9. The number of hydrogen-bond donors (Lipinski definition) is 0. The summed E-state index contributed by atoms with van der Waals surface area (Å²) < 4.78 is 17.0. The molecular formula is C74H132O6. The molecule has 0 saturated carbocycles. The van der Waals surface area contributed by atoms with Crippen LogP contribution in [0.25, 0.3) is 0 Å². The number of unbranched alkanes of at least 4 members (excludes halogenated alkanes) is 41. The first-order valence-corrected chi connectivity index (χ1v) is 34.9. The maximum atomic E-state index is 12.9. The first-order chi connectivity index (χ1) is 39.5. The SMILES string of the molecule is CC/C=C\C/C=C\C/C=C\C/C=C\C/C=C\CCCCCCCCCCCCCCCCCCCC(=O)OCC(COC(=O)CCCCCCC/C=C\CCCCCC)OC(=O)CCCCCCCCCCCCCCCCCC. The largest absolute Gasteiger partial charge is 0.462 e. The molecule has 0 aromatic rings. The lowest BCUT2D eigenvalue weighted by molar-refractivity contribution is -0.167. The van der Waals surface area contributed by atoms with Crippen molar-refractivity contribution in [1.82, 2.24) is 0 Å². The van der Waals surface area contributed by atoms with Crippen molar-refractivity contribution < 1.29 is 28.6 Å². The van der Waals surface area contributed by atoms with Gasteiger partial charge in [0.2, 0.25) is 0 Å². The van der Waals surface area contributed by atoms with E-state index in [1.165, 1.54) is 225 Å². The number of hydrogen-bond acceptors (Lipinski definition) is 6. The number of esters is 3. The van der Waals surface area contributed by atoms with Crippen LogP contribution in [0, 0.1) is 0 Å². The average molecular weight is 1120 g/mol. The highest BCUT2D eigenvalue weighted by atomic mass is 16.6. The summed E-state index contributed by atoms with van der Waals surface area (Å²) in [4.78, 5) is 38.3. The fourth-order valence-corrected chi connectivity index (χ4v) is 10.2. The van der Waals surface area contributed by atoms with E-state index in [1.54, 1.807) is 0 Å². The molecule has 1 unspecified atom stereocenters. The second kappa shape index (κ2) is 68.3. The van der Waals surface area contributed by atoms with Crippen molar-refractivity contribution >= 4 is 17.9 Å². The van der Waals surface area contributed by atoms with Gasteiger partial charge in [0.05, 0.1) is 0 Å². The summed E-state index contributed by atoms with van der Waals surface area (Å²) in [6.45, 7) is 6.56. The molecular weight excluding hydrogens is 985 g/mol. The van der Waals surface area contributed by atoms with Crippen molar-refractivity contribution in [3.63, 3.8) is 0 Å². The molecule has 0 aliphatic rings. The molecule has 0 heterocycles. The van der Waals surface area contributed by atoms with Crippen molar-refractivity contribution in [1.29, 1.82) is 0 Å². The minimum absolute atomic E-state index is 0.0720. The van der Waals surface area contributed by atoms with Crippen molar-refractivity contribution in [2.45, 2.75) is 367 Å². The van der Waals surface area contributed by atoms with Gasteiger partial charge in [0.1, 0.15) is 13.2 Å². The molecule has 6 heteroatoms. The Morgan fingerprint density at radius 1 is 0.263 bits per heavy atom. The summed E-state index contributed by atoms with van der Waals surface area (Å²) in [7, 11) is 0. The molecule has 1 atom stereocenters. The van der Waals surface area contributed by atoms with E-state index in [2.05, 4.69) is 93.7 Å². The predicted octanol–water partition coefficient (Wildman–Crippen LogP) is 24.1. The molecule has 0 spiro atoms. The van der Waals surface area contributed by atoms with E-state index in [1.807, 2.05) is 0 Å². The van der Waals surface area contributed by atoms with Gasteiger partial charge in [-0.05, 0) is 89.9 Å². The van der Waals surface area contributed by atoms with Gasteiger partial charge in [0.25, 0.3) is 0 Å². The van der Waals surface area contributed by atoms with E-state index in [-0.39, 0.29) is 31.1 Å². The molecule has 0 aromatic heterocycles. The van der Waals surface area contributed by atoms with E-state index in [4.69, 9.17) is 14.2 Å². The smallest absolute Gasteiger partial charge is 0.306 e. The second-order valence-electron chi connectivity index (χ2n) is 23.4. The lowest BCUT2D eigenvalue weighted by atomic mass is 10.0. The van der Waals surface area contributed by atoms with Crippen LogP contribution in [0.2, 0.25) is 0 Å². The van der Waals surface area contributed by atoms with E-state index < -0.39 is 6.10 Å². The highest BCUT2D eigenvalue weighted by molar-refractivity contribution is 5.71. The quantitative estimate of drug-likeness (QED) is 0.0261. The molecule has 0 saturated heterocycles. The van der Waals surface area contributed by atoms with Gasteiger partial charge in [-0.25, -0.2) is 0 Å². The average Bonchev–Trinajstić information content (AvgIpc) is 3.46. The van der Waals surface area contributed by atoms with Gasteiger partial charge in [-0.15, -0.1) is 0 Å². The first-order valence-electron chi connectivity index (χ1n) is 34.9. The number of carbonyl (C=O) groups excluding carboxylic acids is 3. The van der Waals surface area contributed by atoms with Crippen LogP contribution in [0.3, 0.4) is 0 Å². The maximum Gasteiger partial charge on any atom is 0.306 e. The van der Waals surface area contributed by atoms with Crippen LogP contribution in [0.1, 0.15) is 361 Å². The lowest BCUT2D eigenvalue weighted by Crippen LogP contribution is -2.30. The molecule has 0 amide bonds. The Kier molecular flexibility index (Phi) is 65.7. The highest BCUT2D eigenvalue weighted by Crippen LogP contribution is 2.18. The molecule has 0 aromatic carbocycles. The Labute approximate surface area is 497 Å². The van der Waals surface area contributed by atoms with Gasteiger partial charge in [0.15, 0.2) is 6.10 Å². The van der Waals surface area contributed by atoms with Gasteiger partial charge in [-0.1, -0.05) is 325 Å². The van der Waals surface area contributed by atoms with E-state index in [0.29, 0.717) is 19.3 Å². The minimum Gasteiger partial charge on any atom is -0.462 e. The summed E-state index contributed by atoms with van der Waals surface area (Å²) in [5.41, 5.74) is 0. The zero-order valence-electron chi connectivity index (χ0n) is 53.3. The van der Waals surface area contributed by atoms with Crippen LogP contribution < -0.4 is 0 Å². The van der Waals surface area contributed by atoms with Crippen molar-refractivity contribution in [2.75, 3.05) is 13.2 Å². The van der Waals surface area contributed by atoms with Gasteiger partial charge < -0.3 is 14.2 Å². The van der Waals surface area contributed by atoms with Gasteiger partial charge in [-0.3, -0.25) is 14.4 Å². The minimum atomic E-state index is -0.775. The Morgan fingerprint density at radius 3 is 0.787 bits per heavy atom. The molecule has 0 aliphatic carbocycles. The summed E-state index contributed by atoms with van der Waals surface area (Å²) in [6, 6.07) is 0. The molecule has 6 nitrogen and oxygen atoms in total. The van der Waals surface area contributed by atoms with Crippen LogP contribution in [0.15, 0.2) is 72.9 Å². The monoisotopic (exact) mass is 1120 g/mol. The summed E-state index contributed by atoms with van der Waals surface area (Å²) >= 11 is 0. The molecule has 464 valence electrons. The third-order valence-corrected chi connectivity index (χ3v) is 15.4. The third kappa shape index (κ3) is 65.7. The zero-order chi connectivity index (χ0) is 57.8. The lowest BCUT2D eigenvalue weighted by Gasteiger charge is -2.18. The van der Waals surface area contributed by atoms with Crippen LogP contribution in [0.5, 0.6) is 0 Å². The number of rotatable bonds is 64. The number of allylic oxidation sites excluding steroid dienone is 12. The van der Waals surface area contributed by atoms with Crippen molar-refractivity contribution in [2.24, 2.45) is 0 Å². The Morgan fingerprint density at radius 2 is 0.487 bits per heavy atom. The number of ether oxygens (including phenoxy) is 3. The normalized spacial score (nSPS) is 12.5. The van der Waals surface area contributed by atoms with Crippen LogP contribution in [-0.4, -0.2) is 37.2 Å². The molecule has 0 aliphatic heterocycles. The van der Waals surface area contributed by atoms with E-state index >= 15 is 0 Å². The summed E-state index contributed by atoms with van der Waals surface area (Å²) in [5.74, 6) is -0.858. The van der Waals surface area contributed by atoms with E-state index in [9.17, 15) is 14.4 Å². The third-order valence-electron chi connectivity index (χ3n) is 15.4. The fourth-order valence-electron chi connectivity index (χ4n) is 10.2. The summed E-state index contributed by atoms with van der Waals surface area (Å²) in [5, 5.41) is 0. The second-order valence-corrected chi connectivity index (χ2v) is 23.4. The van der Waals surface area contributed by atoms with Gasteiger partial charge >= 0.3 is 17.9 Å². The van der Waals surface area contributed by atoms with Crippen molar-refractivity contribution in [3.8, 4) is 0 Å². The number of carbonyl (C=O) groups is 3. The standard InChI is InChI=1S/C74H132O6/c1-4-7-10-13-16-19-22-25-27-29-30-31-32-33-34-35-36-37-38-39-40-41-42-43-44-45-47-49-52-55-58-61-64-67-73(76)79-70-71(69-78-72(75)66-63-60-57-54-51-48-24-21-18-15-12-9-6-3)80-74(77)68-65-62-59-56-53-50-46-28-26-23-20-17-14-11-8-5-2/h7,10,16,19,21,24-25,27,30-31,33-34,71H,4-6,8-9,11-15,17-18,20,22-23,26,28-29,32,35-70H2,1-3H3/b10-7-,19-16-,24-21-,27-25-,31-30-,34-33-. The molecule has 0 N–H and O–H groups in total. The Hall–Kier alpha value is -3.15. The Balaban J connectivity index is 4.14. The molecule has 0 radical (unpaired) electrons. The zero-order valence-corrected chi connectivity index (χ0v) is 53.3. The topological polar surface area (TPSA) is 78.9 Å². The first kappa shape index (κ1) is 76.9. The van der Waals surface area contributed by atoms with Crippen LogP contribution >= 0.6 is 0 Å². The van der Waals surface area contributed by atoms with Crippen LogP contribution in [0.4, 0.5) is 0 Å². The fraction of sp³-hybridized carbons (Fsp3) is 0.797. The molecule has 80 heavy (non-hydrogen) atoms. The predicted molar refractivity (Wildman–Crippen MR) is 348 cm³/mol. The van der Waals surface area contributed by atoms with Crippen molar-refractivity contribution in [3.05, 3.63) is 72.9 Å². The molecule has 0 fully saturated rings. The van der Waals surface area contributed by atoms with Gasteiger partial charge in [0, 0.05) is 19.3 Å². The highest BCUT2D eigenvalue weighted by Gasteiger charge is 2.19.